The molecular formula is C14H16BrN3O3. The van der Waals surface area contributed by atoms with E-state index in [4.69, 9.17) is 5.11 Å². The Hall–Kier alpha value is -1.89. The highest BCUT2D eigenvalue weighted by atomic mass is 79.9. The van der Waals surface area contributed by atoms with Crippen LogP contribution < -0.4 is 5.32 Å². The van der Waals surface area contributed by atoms with Crippen molar-refractivity contribution in [2.24, 2.45) is 0 Å². The normalized spacial score (nSPS) is 12.4. The van der Waals surface area contributed by atoms with E-state index in [0.29, 0.717) is 23.5 Å². The molecule has 2 heterocycles. The summed E-state index contributed by atoms with van der Waals surface area (Å²) in [5.74, 6) is -1.51. The molecule has 0 spiro atoms. The molecule has 2 rings (SSSR count). The highest BCUT2D eigenvalue weighted by Gasteiger charge is 2.22. The number of hydrogen-bond acceptors (Lipinski definition) is 3. The van der Waals surface area contributed by atoms with Crippen molar-refractivity contribution in [2.75, 3.05) is 0 Å². The van der Waals surface area contributed by atoms with E-state index in [2.05, 4.69) is 26.2 Å². The van der Waals surface area contributed by atoms with Gasteiger partial charge in [-0.1, -0.05) is 6.92 Å². The van der Waals surface area contributed by atoms with Gasteiger partial charge in [-0.3, -0.25) is 14.0 Å². The first-order valence-electron chi connectivity index (χ1n) is 6.55. The zero-order chi connectivity index (χ0) is 15.7. The number of carboxylic acid groups (broad SMARTS) is 1. The van der Waals surface area contributed by atoms with Crippen molar-refractivity contribution in [1.82, 2.24) is 14.7 Å². The predicted molar refractivity (Wildman–Crippen MR) is 81.6 cm³/mol. The summed E-state index contributed by atoms with van der Waals surface area (Å²) in [5.41, 5.74) is 2.63. The van der Waals surface area contributed by atoms with E-state index >= 15 is 0 Å². The molecule has 0 fully saturated rings. The molecule has 0 aliphatic carbocycles. The van der Waals surface area contributed by atoms with Gasteiger partial charge in [0.25, 0.3) is 5.91 Å². The summed E-state index contributed by atoms with van der Waals surface area (Å²) in [6.07, 6.45) is 2.39. The van der Waals surface area contributed by atoms with Gasteiger partial charge in [0.2, 0.25) is 0 Å². The van der Waals surface area contributed by atoms with E-state index < -0.39 is 17.9 Å². The van der Waals surface area contributed by atoms with E-state index in [0.717, 1.165) is 10.0 Å². The molecule has 0 saturated carbocycles. The van der Waals surface area contributed by atoms with Crippen molar-refractivity contribution < 1.29 is 14.7 Å². The second kappa shape index (κ2) is 5.85. The van der Waals surface area contributed by atoms with E-state index in [1.165, 1.54) is 6.92 Å². The first-order valence-corrected chi connectivity index (χ1v) is 7.35. The number of carbonyl (C=O) groups excluding carboxylic acids is 1. The van der Waals surface area contributed by atoms with Crippen LogP contribution in [0.25, 0.3) is 5.65 Å². The largest absolute Gasteiger partial charge is 0.480 e. The fourth-order valence-corrected chi connectivity index (χ4v) is 2.73. The van der Waals surface area contributed by atoms with Gasteiger partial charge in [-0.05, 0) is 47.8 Å². The summed E-state index contributed by atoms with van der Waals surface area (Å²) in [4.78, 5) is 27.7. The van der Waals surface area contributed by atoms with Gasteiger partial charge in [0.1, 0.15) is 11.7 Å². The van der Waals surface area contributed by atoms with Crippen LogP contribution in [0.4, 0.5) is 0 Å². The maximum atomic E-state index is 12.4. The number of halogens is 1. The molecule has 0 saturated heterocycles. The molecule has 1 amide bonds. The molecule has 0 radical (unpaired) electrons. The summed E-state index contributed by atoms with van der Waals surface area (Å²) < 4.78 is 2.49. The standard InChI is InChI=1S/C14H16BrN3O3/c1-4-10-11(13(19)16-8(3)14(20)21)18-6-7(2)5-9(15)12(18)17-10/h5-6,8H,4H2,1-3H3,(H,16,19)(H,20,21). The monoisotopic (exact) mass is 353 g/mol. The van der Waals surface area contributed by atoms with E-state index in [1.807, 2.05) is 26.1 Å². The number of nitrogens with zero attached hydrogens (tertiary/aromatic N) is 2. The van der Waals surface area contributed by atoms with Crippen LogP contribution in [-0.2, 0) is 11.2 Å². The second-order valence-electron chi connectivity index (χ2n) is 4.85. The minimum Gasteiger partial charge on any atom is -0.480 e. The van der Waals surface area contributed by atoms with Crippen molar-refractivity contribution in [3.05, 3.63) is 33.7 Å². The lowest BCUT2D eigenvalue weighted by Crippen LogP contribution is -2.39. The summed E-state index contributed by atoms with van der Waals surface area (Å²) in [5, 5.41) is 11.4. The maximum absolute atomic E-state index is 12.4. The Morgan fingerprint density at radius 2 is 2.19 bits per heavy atom. The molecule has 0 aliphatic rings. The quantitative estimate of drug-likeness (QED) is 0.882. The summed E-state index contributed by atoms with van der Waals surface area (Å²) >= 11 is 3.44. The summed E-state index contributed by atoms with van der Waals surface area (Å²) in [6, 6.07) is 0.963. The zero-order valence-corrected chi connectivity index (χ0v) is 13.6. The Kier molecular flexibility index (Phi) is 4.32. The van der Waals surface area contributed by atoms with Crippen molar-refractivity contribution in [3.63, 3.8) is 0 Å². The number of fused-ring (bicyclic) bond motifs is 1. The summed E-state index contributed by atoms with van der Waals surface area (Å²) in [6.45, 7) is 5.24. The number of imidazole rings is 1. The minimum absolute atomic E-state index is 0.380. The highest BCUT2D eigenvalue weighted by molar-refractivity contribution is 9.10. The molecule has 1 unspecified atom stereocenters. The van der Waals surface area contributed by atoms with Gasteiger partial charge < -0.3 is 10.4 Å². The van der Waals surface area contributed by atoms with E-state index in [1.54, 1.807) is 4.40 Å². The first kappa shape index (κ1) is 15.5. The van der Waals surface area contributed by atoms with Crippen LogP contribution in [0.2, 0.25) is 0 Å². The number of carboxylic acids is 1. The average Bonchev–Trinajstić information content (AvgIpc) is 2.77. The highest BCUT2D eigenvalue weighted by Crippen LogP contribution is 2.23. The molecule has 7 heteroatoms. The summed E-state index contributed by atoms with van der Waals surface area (Å²) in [7, 11) is 0. The topological polar surface area (TPSA) is 83.7 Å². The van der Waals surface area contributed by atoms with Gasteiger partial charge in [-0.2, -0.15) is 0 Å². The number of pyridine rings is 1. The van der Waals surface area contributed by atoms with Crippen LogP contribution in [0, 0.1) is 6.92 Å². The Balaban J connectivity index is 2.56. The number of hydrogen-bond donors (Lipinski definition) is 2. The molecule has 0 bridgehead atoms. The van der Waals surface area contributed by atoms with Gasteiger partial charge in [0.15, 0.2) is 5.65 Å². The molecule has 6 nitrogen and oxygen atoms in total. The van der Waals surface area contributed by atoms with Crippen molar-refractivity contribution >= 4 is 33.5 Å². The fraction of sp³-hybridized carbons (Fsp3) is 0.357. The maximum Gasteiger partial charge on any atom is 0.325 e. The van der Waals surface area contributed by atoms with Crippen LogP contribution in [-0.4, -0.2) is 32.4 Å². The number of carbonyl (C=O) groups is 2. The molecule has 2 N–H and O–H groups in total. The molecule has 112 valence electrons. The predicted octanol–water partition coefficient (Wildman–Crippen LogP) is 2.17. The fourth-order valence-electron chi connectivity index (χ4n) is 2.09. The van der Waals surface area contributed by atoms with Crippen molar-refractivity contribution in [1.29, 1.82) is 0 Å². The number of aromatic nitrogens is 2. The van der Waals surface area contributed by atoms with Crippen LogP contribution >= 0.6 is 15.9 Å². The lowest BCUT2D eigenvalue weighted by atomic mass is 10.2. The van der Waals surface area contributed by atoms with Crippen molar-refractivity contribution in [3.8, 4) is 0 Å². The van der Waals surface area contributed by atoms with Crippen LogP contribution in [0.15, 0.2) is 16.7 Å². The second-order valence-corrected chi connectivity index (χ2v) is 5.71. The zero-order valence-electron chi connectivity index (χ0n) is 12.0. The smallest absolute Gasteiger partial charge is 0.325 e. The minimum atomic E-state index is -1.08. The van der Waals surface area contributed by atoms with Gasteiger partial charge in [0, 0.05) is 6.20 Å². The third kappa shape index (κ3) is 2.92. The molecule has 2 aromatic heterocycles. The average molecular weight is 354 g/mol. The van der Waals surface area contributed by atoms with Crippen LogP contribution in [0.5, 0.6) is 0 Å². The lowest BCUT2D eigenvalue weighted by Gasteiger charge is -2.10. The number of aryl methyl sites for hydroxylation is 2. The Labute approximate surface area is 130 Å². The first-order chi connectivity index (χ1) is 9.85. The third-order valence-corrected chi connectivity index (χ3v) is 3.74. The Morgan fingerprint density at radius 1 is 1.52 bits per heavy atom. The Bertz CT molecular complexity index is 724. The number of aliphatic carboxylic acids is 1. The van der Waals surface area contributed by atoms with Gasteiger partial charge in [0.05, 0.1) is 10.2 Å². The van der Waals surface area contributed by atoms with Gasteiger partial charge in [-0.25, -0.2) is 4.98 Å². The number of rotatable bonds is 4. The SMILES string of the molecule is CCc1nc2c(Br)cc(C)cn2c1C(=O)NC(C)C(=O)O. The number of amides is 1. The van der Waals surface area contributed by atoms with Crippen molar-refractivity contribution in [2.45, 2.75) is 33.2 Å². The lowest BCUT2D eigenvalue weighted by molar-refractivity contribution is -0.138. The molecule has 1 atom stereocenters. The molecule has 0 aromatic carbocycles. The molecule has 21 heavy (non-hydrogen) atoms. The van der Waals surface area contributed by atoms with E-state index in [-0.39, 0.29) is 0 Å². The van der Waals surface area contributed by atoms with Gasteiger partial charge in [-0.15, -0.1) is 0 Å². The molecule has 2 aromatic rings. The molecular weight excluding hydrogens is 338 g/mol. The molecule has 0 aliphatic heterocycles. The van der Waals surface area contributed by atoms with Crippen LogP contribution in [0.1, 0.15) is 35.6 Å². The number of nitrogens with one attached hydrogen (secondary N) is 1. The van der Waals surface area contributed by atoms with Gasteiger partial charge >= 0.3 is 5.97 Å². The Morgan fingerprint density at radius 3 is 2.76 bits per heavy atom. The van der Waals surface area contributed by atoms with Crippen LogP contribution in [0.3, 0.4) is 0 Å². The van der Waals surface area contributed by atoms with E-state index in [9.17, 15) is 9.59 Å². The third-order valence-electron chi connectivity index (χ3n) is 3.15.